The van der Waals surface area contributed by atoms with Crippen molar-refractivity contribution in [2.24, 2.45) is 11.5 Å². The summed E-state index contributed by atoms with van der Waals surface area (Å²) in [6.07, 6.45) is 0. The van der Waals surface area contributed by atoms with Crippen LogP contribution in [0.3, 0.4) is 0 Å². The quantitative estimate of drug-likeness (QED) is 0.634. The van der Waals surface area contributed by atoms with Gasteiger partial charge in [0.1, 0.15) is 0 Å². The molecule has 0 aromatic carbocycles. The van der Waals surface area contributed by atoms with Crippen molar-refractivity contribution in [1.29, 1.82) is 0 Å². The fraction of sp³-hybridized carbons (Fsp3) is 0. The molecule has 0 fully saturated rings. The fourth-order valence-electron chi connectivity index (χ4n) is 0. The van der Waals surface area contributed by atoms with Crippen LogP contribution in [0.2, 0.25) is 0 Å². The summed E-state index contributed by atoms with van der Waals surface area (Å²) in [7, 11) is 25.0. The van der Waals surface area contributed by atoms with Gasteiger partial charge in [-0.3, -0.25) is 0 Å². The van der Waals surface area contributed by atoms with Crippen molar-refractivity contribution in [3.63, 3.8) is 0 Å². The minimum atomic E-state index is -5.35. The molecular weight excluding hydrogens is 365 g/mol. The van der Waals surface area contributed by atoms with Crippen LogP contribution in [-0.4, -0.2) is 6.03 Å². The Hall–Kier alpha value is 1.70. The van der Waals surface area contributed by atoms with Gasteiger partial charge in [0.15, 0.2) is 0 Å². The van der Waals surface area contributed by atoms with Crippen molar-refractivity contribution < 1.29 is 12.1 Å². The summed E-state index contributed by atoms with van der Waals surface area (Å²) in [5, 5.41) is 0. The third-order valence-electron chi connectivity index (χ3n) is 0. The van der Waals surface area contributed by atoms with Gasteiger partial charge in [-0.15, -0.1) is 0 Å². The zero-order chi connectivity index (χ0) is 9.99. The number of rotatable bonds is 0. The summed E-state index contributed by atoms with van der Waals surface area (Å²) in [6.45, 7) is 0. The number of hydrogen-bond acceptors (Lipinski definition) is 1. The van der Waals surface area contributed by atoms with Crippen molar-refractivity contribution >= 4 is 62.5 Å². The standard InChI is InChI=1S/CH4N2O.6ClH.Mo/c2-1(3)4;;;;;;;/h(H4,2,3,4);6*1H;/q;;;;;;;+6/p-6. The average Bonchev–Trinajstić information content (AvgIpc) is 1.11. The number of nitrogens with two attached hydrogens (primary N) is 2. The van der Waals surface area contributed by atoms with Gasteiger partial charge in [-0.1, -0.05) is 0 Å². The van der Waals surface area contributed by atoms with Crippen molar-refractivity contribution in [3.05, 3.63) is 0 Å². The first-order chi connectivity index (χ1) is 4.18. The molecule has 10 heteroatoms. The van der Waals surface area contributed by atoms with Gasteiger partial charge < -0.3 is 11.5 Å². The molecule has 0 radical (unpaired) electrons. The third kappa shape index (κ3) is 381. The second-order valence-electron chi connectivity index (χ2n) is 1.28. The summed E-state index contributed by atoms with van der Waals surface area (Å²) in [6, 6.07) is -0.833. The summed E-state index contributed by atoms with van der Waals surface area (Å²) in [5.74, 6) is 0. The number of primary amides is 2. The van der Waals surface area contributed by atoms with Crippen molar-refractivity contribution in [2.75, 3.05) is 0 Å². The van der Waals surface area contributed by atoms with E-state index < -0.39 is 13.3 Å². The van der Waals surface area contributed by atoms with E-state index in [1.54, 1.807) is 0 Å². The molecule has 0 aromatic rings. The second kappa shape index (κ2) is 3.45. The first kappa shape index (κ1) is 15.2. The van der Waals surface area contributed by atoms with Crippen LogP contribution in [-0.2, 0) is 7.31 Å². The molecule has 2 amide bonds. The van der Waals surface area contributed by atoms with Gasteiger partial charge in [-0.05, 0) is 0 Å². The molecule has 0 heterocycles. The summed E-state index contributed by atoms with van der Waals surface area (Å²) in [5.41, 5.74) is 8.50. The van der Waals surface area contributed by atoms with Crippen LogP contribution in [0, 0.1) is 0 Å². The van der Waals surface area contributed by atoms with Crippen LogP contribution in [0.15, 0.2) is 0 Å². The monoisotopic (exact) mass is 368 g/mol. The Morgan fingerprint density at radius 3 is 0.909 bits per heavy atom. The summed E-state index contributed by atoms with van der Waals surface area (Å²) >= 11 is 0. The molecular formula is CH4Cl6MoN2O. The Morgan fingerprint density at radius 1 is 0.909 bits per heavy atom. The van der Waals surface area contributed by atoms with E-state index >= 15 is 0 Å². The van der Waals surface area contributed by atoms with Crippen LogP contribution in [0.1, 0.15) is 0 Å². The van der Waals surface area contributed by atoms with Crippen molar-refractivity contribution in [2.45, 2.75) is 0 Å². The first-order valence-corrected chi connectivity index (χ1v) is 17.2. The Balaban J connectivity index is 0. The Bertz CT molecular complexity index is 138. The molecule has 0 saturated carbocycles. The van der Waals surface area contributed by atoms with Crippen LogP contribution >= 0.6 is 56.5 Å². The topological polar surface area (TPSA) is 69.1 Å². The number of amides is 2. The SMILES string of the molecule is NC(N)=O.[Cl][Mo]([Cl])([Cl])([Cl])([Cl])[Cl]. The number of carbonyl (C=O) groups is 1. The molecule has 3 nitrogen and oxygen atoms in total. The summed E-state index contributed by atoms with van der Waals surface area (Å²) in [4.78, 5) is 9.00. The number of hydrogen-bond donors (Lipinski definition) is 2. The van der Waals surface area contributed by atoms with E-state index in [-0.39, 0.29) is 0 Å². The van der Waals surface area contributed by atoms with E-state index in [0.717, 1.165) is 0 Å². The van der Waals surface area contributed by atoms with Gasteiger partial charge in [0.2, 0.25) is 0 Å². The van der Waals surface area contributed by atoms with Gasteiger partial charge in [0.05, 0.1) is 0 Å². The molecule has 0 aromatic heterocycles. The molecule has 0 bridgehead atoms. The molecule has 11 heavy (non-hydrogen) atoms. The average molecular weight is 369 g/mol. The van der Waals surface area contributed by atoms with E-state index in [2.05, 4.69) is 11.5 Å². The van der Waals surface area contributed by atoms with E-state index in [1.165, 1.54) is 0 Å². The minimum absolute atomic E-state index is 0.833. The fourth-order valence-corrected chi connectivity index (χ4v) is 0. The Labute approximate surface area is 85.2 Å². The third-order valence-corrected chi connectivity index (χ3v) is 0. The van der Waals surface area contributed by atoms with Gasteiger partial charge in [0, 0.05) is 0 Å². The van der Waals surface area contributed by atoms with E-state index in [9.17, 15) is 0 Å². The van der Waals surface area contributed by atoms with Crippen LogP contribution in [0.5, 0.6) is 0 Å². The molecule has 0 atom stereocenters. The van der Waals surface area contributed by atoms with E-state index in [1.807, 2.05) is 0 Å². The van der Waals surface area contributed by atoms with Crippen molar-refractivity contribution in [1.82, 2.24) is 0 Å². The van der Waals surface area contributed by atoms with Crippen LogP contribution in [0.4, 0.5) is 4.79 Å². The Kier molecular flexibility index (Phi) is 4.76. The zero-order valence-electron chi connectivity index (χ0n) is 4.74. The molecule has 4 N–H and O–H groups in total. The van der Waals surface area contributed by atoms with Gasteiger partial charge in [0.25, 0.3) is 0 Å². The number of urea groups is 1. The van der Waals surface area contributed by atoms with Crippen LogP contribution in [0.25, 0.3) is 0 Å². The molecule has 0 unspecified atom stereocenters. The molecule has 0 rings (SSSR count). The molecule has 0 saturated heterocycles. The Morgan fingerprint density at radius 2 is 0.909 bits per heavy atom. The number of carbonyl (C=O) groups excluding carboxylic acids is 1. The van der Waals surface area contributed by atoms with Gasteiger partial charge >= 0.3 is 69.9 Å². The van der Waals surface area contributed by atoms with Crippen LogP contribution < -0.4 is 11.5 Å². The summed E-state index contributed by atoms with van der Waals surface area (Å²) < 4.78 is 0. The number of halogens is 6. The molecule has 0 aliphatic heterocycles. The van der Waals surface area contributed by atoms with Gasteiger partial charge in [-0.2, -0.15) is 0 Å². The predicted molar refractivity (Wildman–Crippen MR) is 48.9 cm³/mol. The maximum absolute atomic E-state index is 9.00. The molecule has 72 valence electrons. The van der Waals surface area contributed by atoms with E-state index in [4.69, 9.17) is 61.3 Å². The molecule has 0 spiro atoms. The maximum atomic E-state index is 9.00. The molecule has 0 aliphatic carbocycles. The van der Waals surface area contributed by atoms with E-state index in [0.29, 0.717) is 0 Å². The zero-order valence-corrected chi connectivity index (χ0v) is 11.3. The second-order valence-corrected chi connectivity index (χ2v) is 47.0. The van der Waals surface area contributed by atoms with Crippen molar-refractivity contribution in [3.8, 4) is 0 Å². The van der Waals surface area contributed by atoms with Gasteiger partial charge in [-0.25, -0.2) is 4.79 Å². The molecule has 0 aliphatic rings. The normalized spacial score (nSPS) is 16.9. The predicted octanol–water partition coefficient (Wildman–Crippen LogP) is 3.16. The first-order valence-electron chi connectivity index (χ1n) is 1.71.